The molecule has 0 bridgehead atoms. The van der Waals surface area contributed by atoms with Gasteiger partial charge in [0.25, 0.3) is 0 Å². The molecule has 0 fully saturated rings. The van der Waals surface area contributed by atoms with Gasteiger partial charge >= 0.3 is 5.97 Å². The number of carboxylic acids is 1. The number of carboxylic acid groups (broad SMARTS) is 1. The second kappa shape index (κ2) is 7.34. The minimum atomic E-state index is -0.848. The fraction of sp³-hybridized carbons (Fsp3) is 0.0500. The van der Waals surface area contributed by atoms with E-state index in [1.165, 1.54) is 6.33 Å². The van der Waals surface area contributed by atoms with E-state index in [1.54, 1.807) is 23.5 Å². The van der Waals surface area contributed by atoms with Crippen LogP contribution in [0.15, 0.2) is 60.2 Å². The van der Waals surface area contributed by atoms with Gasteiger partial charge in [0.15, 0.2) is 0 Å². The lowest BCUT2D eigenvalue weighted by Gasteiger charge is -2.09. The maximum Gasteiger partial charge on any atom is 0.307 e. The zero-order chi connectivity index (χ0) is 18.8. The number of anilines is 2. The zero-order valence-corrected chi connectivity index (χ0v) is 15.6. The number of hydrogen-bond donors (Lipinski definition) is 2. The molecule has 0 amide bonds. The van der Waals surface area contributed by atoms with Crippen LogP contribution < -0.4 is 5.32 Å². The first kappa shape index (κ1) is 17.5. The molecule has 4 rings (SSSR count). The largest absolute Gasteiger partial charge is 0.481 e. The summed E-state index contributed by atoms with van der Waals surface area (Å²) in [6, 6.07) is 15.0. The van der Waals surface area contributed by atoms with Crippen LogP contribution in [0.3, 0.4) is 0 Å². The van der Waals surface area contributed by atoms with Crippen molar-refractivity contribution in [2.75, 3.05) is 5.32 Å². The fourth-order valence-corrected chi connectivity index (χ4v) is 3.87. The van der Waals surface area contributed by atoms with Crippen molar-refractivity contribution in [2.45, 2.75) is 6.42 Å². The van der Waals surface area contributed by atoms with Crippen LogP contribution in [0.25, 0.3) is 21.3 Å². The standard InChI is InChI=1S/C20H14ClN3O2S/c21-14-5-3-13(4-6-14)16-10-27-20-18(16)19(22-11-23-20)24-15-7-1-12(2-8-15)9-17(25)26/h1-8,10-11H,9H2,(H,25,26)(H,22,23,24). The first-order chi connectivity index (χ1) is 13.1. The Morgan fingerprint density at radius 3 is 2.52 bits per heavy atom. The third-order valence-electron chi connectivity index (χ3n) is 4.10. The van der Waals surface area contributed by atoms with Crippen molar-refractivity contribution in [1.82, 2.24) is 9.97 Å². The van der Waals surface area contributed by atoms with Gasteiger partial charge in [-0.25, -0.2) is 9.97 Å². The number of nitrogens with zero attached hydrogens (tertiary/aromatic N) is 2. The van der Waals surface area contributed by atoms with Crippen LogP contribution in [-0.4, -0.2) is 21.0 Å². The van der Waals surface area contributed by atoms with E-state index < -0.39 is 5.97 Å². The SMILES string of the molecule is O=C(O)Cc1ccc(Nc2ncnc3scc(-c4ccc(Cl)cc4)c23)cc1. The second-order valence-electron chi connectivity index (χ2n) is 5.95. The normalized spacial score (nSPS) is 10.9. The Morgan fingerprint density at radius 2 is 1.81 bits per heavy atom. The molecule has 0 saturated carbocycles. The Kier molecular flexibility index (Phi) is 4.75. The van der Waals surface area contributed by atoms with Crippen molar-refractivity contribution in [2.24, 2.45) is 0 Å². The van der Waals surface area contributed by atoms with Gasteiger partial charge in [-0.15, -0.1) is 11.3 Å². The summed E-state index contributed by atoms with van der Waals surface area (Å²) in [6.07, 6.45) is 1.54. The maximum absolute atomic E-state index is 10.8. The van der Waals surface area contributed by atoms with E-state index in [2.05, 4.69) is 20.7 Å². The average molecular weight is 396 g/mol. The third kappa shape index (κ3) is 3.77. The number of halogens is 1. The van der Waals surface area contributed by atoms with E-state index in [4.69, 9.17) is 16.7 Å². The summed E-state index contributed by atoms with van der Waals surface area (Å²) < 4.78 is 0. The van der Waals surface area contributed by atoms with Crippen molar-refractivity contribution < 1.29 is 9.90 Å². The predicted molar refractivity (Wildman–Crippen MR) is 109 cm³/mol. The lowest BCUT2D eigenvalue weighted by atomic mass is 10.1. The van der Waals surface area contributed by atoms with Gasteiger partial charge in [-0.1, -0.05) is 35.9 Å². The number of fused-ring (bicyclic) bond motifs is 1. The minimum Gasteiger partial charge on any atom is -0.481 e. The average Bonchev–Trinajstić information content (AvgIpc) is 3.09. The molecule has 27 heavy (non-hydrogen) atoms. The van der Waals surface area contributed by atoms with Crippen molar-refractivity contribution in [3.63, 3.8) is 0 Å². The van der Waals surface area contributed by atoms with E-state index in [9.17, 15) is 4.79 Å². The number of benzene rings is 2. The topological polar surface area (TPSA) is 75.1 Å². The summed E-state index contributed by atoms with van der Waals surface area (Å²) in [6.45, 7) is 0. The van der Waals surface area contributed by atoms with Gasteiger partial charge in [-0.2, -0.15) is 0 Å². The first-order valence-corrected chi connectivity index (χ1v) is 9.42. The van der Waals surface area contributed by atoms with Gasteiger partial charge in [0.05, 0.1) is 11.8 Å². The smallest absolute Gasteiger partial charge is 0.307 e. The Morgan fingerprint density at radius 1 is 1.07 bits per heavy atom. The second-order valence-corrected chi connectivity index (χ2v) is 7.25. The highest BCUT2D eigenvalue weighted by molar-refractivity contribution is 7.17. The Balaban J connectivity index is 1.70. The van der Waals surface area contributed by atoms with Crippen LogP contribution in [0.1, 0.15) is 5.56 Å². The van der Waals surface area contributed by atoms with Gasteiger partial charge in [0.1, 0.15) is 17.0 Å². The summed E-state index contributed by atoms with van der Waals surface area (Å²) in [5, 5.41) is 15.9. The summed E-state index contributed by atoms with van der Waals surface area (Å²) >= 11 is 7.56. The molecule has 2 N–H and O–H groups in total. The van der Waals surface area contributed by atoms with Gasteiger partial charge in [-0.05, 0) is 35.4 Å². The number of rotatable bonds is 5. The molecule has 4 aromatic rings. The van der Waals surface area contributed by atoms with Crippen molar-refractivity contribution >= 4 is 50.6 Å². The van der Waals surface area contributed by atoms with E-state index in [0.29, 0.717) is 10.8 Å². The number of aliphatic carboxylic acids is 1. The number of carbonyl (C=O) groups is 1. The van der Waals surface area contributed by atoms with Crippen LogP contribution >= 0.6 is 22.9 Å². The van der Waals surface area contributed by atoms with Crippen LogP contribution in [0.2, 0.25) is 5.02 Å². The van der Waals surface area contributed by atoms with Crippen LogP contribution in [-0.2, 0) is 11.2 Å². The summed E-state index contributed by atoms with van der Waals surface area (Å²) in [7, 11) is 0. The molecule has 0 aliphatic rings. The molecule has 2 aromatic carbocycles. The molecule has 0 atom stereocenters. The van der Waals surface area contributed by atoms with E-state index >= 15 is 0 Å². The van der Waals surface area contributed by atoms with Crippen LogP contribution in [0.5, 0.6) is 0 Å². The Labute approximate surface area is 164 Å². The molecule has 2 aromatic heterocycles. The molecule has 0 saturated heterocycles. The molecular formula is C20H14ClN3O2S. The van der Waals surface area contributed by atoms with Crippen molar-refractivity contribution in [3.8, 4) is 11.1 Å². The lowest BCUT2D eigenvalue weighted by Crippen LogP contribution is -2.00. The van der Waals surface area contributed by atoms with Crippen molar-refractivity contribution in [3.05, 3.63) is 70.8 Å². The Bertz CT molecular complexity index is 1110. The Hall–Kier alpha value is -2.96. The molecule has 0 aliphatic heterocycles. The summed E-state index contributed by atoms with van der Waals surface area (Å²) in [4.78, 5) is 20.5. The van der Waals surface area contributed by atoms with Crippen LogP contribution in [0, 0.1) is 0 Å². The number of aromatic nitrogens is 2. The highest BCUT2D eigenvalue weighted by atomic mass is 35.5. The quantitative estimate of drug-likeness (QED) is 0.474. The van der Waals surface area contributed by atoms with Gasteiger partial charge < -0.3 is 10.4 Å². The van der Waals surface area contributed by atoms with E-state index in [-0.39, 0.29) is 6.42 Å². The molecule has 0 aliphatic carbocycles. The molecule has 0 radical (unpaired) electrons. The van der Waals surface area contributed by atoms with E-state index in [1.807, 2.05) is 36.4 Å². The summed E-state index contributed by atoms with van der Waals surface area (Å²) in [5.74, 6) is -0.142. The van der Waals surface area contributed by atoms with Gasteiger partial charge in [0.2, 0.25) is 0 Å². The van der Waals surface area contributed by atoms with E-state index in [0.717, 1.165) is 32.6 Å². The van der Waals surface area contributed by atoms with Gasteiger partial charge in [0, 0.05) is 21.7 Å². The van der Waals surface area contributed by atoms with Crippen molar-refractivity contribution in [1.29, 1.82) is 0 Å². The minimum absolute atomic E-state index is 0.00325. The van der Waals surface area contributed by atoms with Crippen LogP contribution in [0.4, 0.5) is 11.5 Å². The third-order valence-corrected chi connectivity index (χ3v) is 5.24. The molecular weight excluding hydrogens is 382 g/mol. The lowest BCUT2D eigenvalue weighted by molar-refractivity contribution is -0.136. The predicted octanol–water partition coefficient (Wildman–Crippen LogP) is 5.38. The highest BCUT2D eigenvalue weighted by Crippen LogP contribution is 2.37. The van der Waals surface area contributed by atoms with Gasteiger partial charge in [-0.3, -0.25) is 4.79 Å². The summed E-state index contributed by atoms with van der Waals surface area (Å²) in [5.41, 5.74) is 3.66. The number of thiophene rings is 1. The highest BCUT2D eigenvalue weighted by Gasteiger charge is 2.13. The molecule has 2 heterocycles. The number of nitrogens with one attached hydrogen (secondary N) is 1. The molecule has 5 nitrogen and oxygen atoms in total. The molecule has 7 heteroatoms. The maximum atomic E-state index is 10.8. The molecule has 134 valence electrons. The molecule has 0 unspecified atom stereocenters. The fourth-order valence-electron chi connectivity index (χ4n) is 2.83. The first-order valence-electron chi connectivity index (χ1n) is 8.16. The monoisotopic (exact) mass is 395 g/mol. The zero-order valence-electron chi connectivity index (χ0n) is 14.0. The number of hydrogen-bond acceptors (Lipinski definition) is 5. The molecule has 0 spiro atoms.